The molecule has 40 heavy (non-hydrogen) atoms. The number of carbonyl (C=O) groups excluding carboxylic acids is 1. The van der Waals surface area contributed by atoms with E-state index in [4.69, 9.17) is 14.8 Å². The highest BCUT2D eigenvalue weighted by Crippen LogP contribution is 2.70. The lowest BCUT2D eigenvalue weighted by atomic mass is 9.53. The largest absolute Gasteiger partial charge is 0.369 e. The molecule has 4 aliphatic rings. The molecule has 10 heteroatoms. The van der Waals surface area contributed by atoms with Gasteiger partial charge in [0, 0.05) is 36.9 Å². The molecule has 1 saturated carbocycles. The van der Waals surface area contributed by atoms with E-state index in [1.807, 2.05) is 18.4 Å². The molecule has 2 bridgehead atoms. The fraction of sp³-hybridized carbons (Fsp3) is 0.500. The lowest BCUT2D eigenvalue weighted by Crippen LogP contribution is -2.56. The predicted molar refractivity (Wildman–Crippen MR) is 150 cm³/mol. The molecule has 1 aromatic carbocycles. The Morgan fingerprint density at radius 1 is 1.23 bits per heavy atom. The Labute approximate surface area is 233 Å². The zero-order valence-corrected chi connectivity index (χ0v) is 23.6. The van der Waals surface area contributed by atoms with Gasteiger partial charge in [0.1, 0.15) is 11.4 Å². The quantitative estimate of drug-likeness (QED) is 0.369. The van der Waals surface area contributed by atoms with Crippen molar-refractivity contribution in [3.63, 3.8) is 0 Å². The number of nitrogens with zero attached hydrogens (tertiary/aromatic N) is 6. The van der Waals surface area contributed by atoms with Crippen LogP contribution >= 0.6 is 0 Å². The zero-order valence-electron chi connectivity index (χ0n) is 23.6. The Hall–Kier alpha value is -3.79. The smallest absolute Gasteiger partial charge is 0.219 e. The fourth-order valence-corrected chi connectivity index (χ4v) is 7.23. The second-order valence-corrected chi connectivity index (χ2v) is 12.2. The summed E-state index contributed by atoms with van der Waals surface area (Å²) < 4.78 is 8.44. The Kier molecular flexibility index (Phi) is 5.58. The molecule has 208 valence electrons. The highest BCUT2D eigenvalue weighted by molar-refractivity contribution is 5.75. The van der Waals surface area contributed by atoms with Crippen molar-refractivity contribution < 1.29 is 9.53 Å². The van der Waals surface area contributed by atoms with Crippen LogP contribution in [-0.4, -0.2) is 61.9 Å². The van der Waals surface area contributed by atoms with Crippen LogP contribution in [0.2, 0.25) is 0 Å². The van der Waals surface area contributed by atoms with Crippen LogP contribution in [0.1, 0.15) is 67.6 Å². The number of pyridine rings is 1. The van der Waals surface area contributed by atoms with Gasteiger partial charge in [0.25, 0.3) is 0 Å². The van der Waals surface area contributed by atoms with Crippen LogP contribution in [-0.2, 0) is 20.5 Å². The van der Waals surface area contributed by atoms with Crippen LogP contribution in [0.25, 0.3) is 5.65 Å². The topological polar surface area (TPSA) is 113 Å². The molecule has 1 amide bonds. The molecular formula is C30H36N8O2. The molecule has 3 aromatic heterocycles. The Morgan fingerprint density at radius 2 is 2.05 bits per heavy atom. The SMILES string of the molecule is CCC(=O)NCC12COC(c3nc4c(C)cc(N5CC[C@](C)(c6ccccc6)C5)cn4n3)(C1)C2c1n[nH]c(C)n1. The van der Waals surface area contributed by atoms with Crippen molar-refractivity contribution in [3.8, 4) is 0 Å². The number of H-pyrrole nitrogens is 1. The summed E-state index contributed by atoms with van der Waals surface area (Å²) in [5.74, 6) is 1.99. The molecule has 2 N–H and O–H groups in total. The van der Waals surface area contributed by atoms with Gasteiger partial charge in [-0.05, 0) is 43.9 Å². The van der Waals surface area contributed by atoms with E-state index in [9.17, 15) is 4.79 Å². The number of aromatic nitrogens is 6. The maximum Gasteiger partial charge on any atom is 0.219 e. The first-order valence-electron chi connectivity index (χ1n) is 14.2. The molecule has 0 radical (unpaired) electrons. The monoisotopic (exact) mass is 540 g/mol. The van der Waals surface area contributed by atoms with Gasteiger partial charge in [0.2, 0.25) is 5.91 Å². The minimum atomic E-state index is -0.719. The second-order valence-electron chi connectivity index (χ2n) is 12.2. The van der Waals surface area contributed by atoms with Crippen molar-refractivity contribution in [2.24, 2.45) is 5.41 Å². The second kappa shape index (κ2) is 8.86. The van der Waals surface area contributed by atoms with Gasteiger partial charge in [-0.25, -0.2) is 14.5 Å². The third kappa shape index (κ3) is 3.68. The average Bonchev–Trinajstić information content (AvgIpc) is 3.76. The molecule has 10 nitrogen and oxygen atoms in total. The van der Waals surface area contributed by atoms with Crippen LogP contribution < -0.4 is 10.2 Å². The Bertz CT molecular complexity index is 1600. The van der Waals surface area contributed by atoms with Gasteiger partial charge in [-0.1, -0.05) is 44.2 Å². The maximum absolute atomic E-state index is 12.1. The van der Waals surface area contributed by atoms with E-state index in [2.05, 4.69) is 81.8 Å². The number of amides is 1. The lowest BCUT2D eigenvalue weighted by molar-refractivity contribution is -0.122. The van der Waals surface area contributed by atoms with E-state index in [0.717, 1.165) is 42.2 Å². The standard InChI is InChI=1S/C30H36N8O2/c1-5-23(39)31-16-29-15-30(40-18-29,24(29)25-32-20(3)34-35-25)27-33-26-19(2)13-22(14-38(26)36-27)37-12-11-28(4,17-37)21-9-7-6-8-10-21/h6-10,13-14,24H,5,11-12,15-18H2,1-4H3,(H,31,39)(H,32,34,35)/t24?,28-,29?,30?/m0/s1. The van der Waals surface area contributed by atoms with E-state index < -0.39 is 5.60 Å². The number of ether oxygens (including phenoxy) is 1. The van der Waals surface area contributed by atoms with E-state index in [1.54, 1.807) is 0 Å². The third-order valence-corrected chi connectivity index (χ3v) is 9.43. The van der Waals surface area contributed by atoms with Gasteiger partial charge in [0.15, 0.2) is 17.3 Å². The number of aryl methyl sites for hydroxylation is 2. The summed E-state index contributed by atoms with van der Waals surface area (Å²) in [6.07, 6.45) is 4.36. The first kappa shape index (κ1) is 25.2. The van der Waals surface area contributed by atoms with E-state index in [1.165, 1.54) is 5.56 Å². The Morgan fingerprint density at radius 3 is 2.80 bits per heavy atom. The third-order valence-electron chi connectivity index (χ3n) is 9.43. The van der Waals surface area contributed by atoms with Crippen LogP contribution in [0, 0.1) is 19.3 Å². The number of nitrogens with one attached hydrogen (secondary N) is 2. The van der Waals surface area contributed by atoms with E-state index in [-0.39, 0.29) is 22.7 Å². The first-order chi connectivity index (χ1) is 19.3. The summed E-state index contributed by atoms with van der Waals surface area (Å²) >= 11 is 0. The fourth-order valence-electron chi connectivity index (χ4n) is 7.23. The molecule has 8 rings (SSSR count). The molecule has 0 spiro atoms. The van der Waals surface area contributed by atoms with Crippen molar-refractivity contribution in [1.29, 1.82) is 0 Å². The highest BCUT2D eigenvalue weighted by atomic mass is 16.5. The number of anilines is 1. The molecular weight excluding hydrogens is 504 g/mol. The number of fused-ring (bicyclic) bond motifs is 2. The minimum absolute atomic E-state index is 0.0305. The normalized spacial score (nSPS) is 29.2. The number of hydrogen-bond acceptors (Lipinski definition) is 7. The summed E-state index contributed by atoms with van der Waals surface area (Å²) in [6.45, 7) is 11.2. The summed E-state index contributed by atoms with van der Waals surface area (Å²) in [7, 11) is 0. The van der Waals surface area contributed by atoms with Crippen molar-refractivity contribution >= 4 is 17.2 Å². The van der Waals surface area contributed by atoms with Crippen molar-refractivity contribution in [3.05, 3.63) is 71.2 Å². The van der Waals surface area contributed by atoms with Gasteiger partial charge in [0.05, 0.1) is 24.4 Å². The van der Waals surface area contributed by atoms with Crippen molar-refractivity contribution in [1.82, 2.24) is 35.1 Å². The van der Waals surface area contributed by atoms with Gasteiger partial charge in [-0.3, -0.25) is 9.89 Å². The number of hydrogen-bond donors (Lipinski definition) is 2. The average molecular weight is 541 g/mol. The lowest BCUT2D eigenvalue weighted by Gasteiger charge is -2.49. The summed E-state index contributed by atoms with van der Waals surface area (Å²) in [4.78, 5) is 24.3. The van der Waals surface area contributed by atoms with Crippen LogP contribution in [0.3, 0.4) is 0 Å². The van der Waals surface area contributed by atoms with E-state index >= 15 is 0 Å². The van der Waals surface area contributed by atoms with Crippen molar-refractivity contribution in [2.75, 3.05) is 31.1 Å². The molecule has 4 atom stereocenters. The van der Waals surface area contributed by atoms with Crippen LogP contribution in [0.5, 0.6) is 0 Å². The Balaban J connectivity index is 1.21. The predicted octanol–water partition coefficient (Wildman–Crippen LogP) is 3.56. The van der Waals surface area contributed by atoms with Gasteiger partial charge in [-0.2, -0.15) is 5.10 Å². The van der Waals surface area contributed by atoms with Gasteiger partial charge in [-0.15, -0.1) is 5.10 Å². The molecule has 3 aliphatic heterocycles. The molecule has 4 fully saturated rings. The molecule has 3 unspecified atom stereocenters. The summed E-state index contributed by atoms with van der Waals surface area (Å²) in [5.41, 5.74) is 3.54. The molecule has 3 saturated heterocycles. The number of benzene rings is 1. The number of aromatic amines is 1. The minimum Gasteiger partial charge on any atom is -0.369 e. The van der Waals surface area contributed by atoms with Crippen LogP contribution in [0.15, 0.2) is 42.6 Å². The maximum atomic E-state index is 12.1. The van der Waals surface area contributed by atoms with E-state index in [0.29, 0.717) is 37.6 Å². The number of carbonyl (C=O) groups is 1. The van der Waals surface area contributed by atoms with Crippen molar-refractivity contribution in [2.45, 2.75) is 63.9 Å². The summed E-state index contributed by atoms with van der Waals surface area (Å²) in [6, 6.07) is 13.0. The molecule has 4 aromatic rings. The zero-order chi connectivity index (χ0) is 27.7. The molecule has 6 heterocycles. The molecule has 1 aliphatic carbocycles. The summed E-state index contributed by atoms with van der Waals surface area (Å²) in [5, 5.41) is 15.6. The first-order valence-corrected chi connectivity index (χ1v) is 14.2. The number of rotatable bonds is 7. The van der Waals surface area contributed by atoms with Gasteiger partial charge >= 0.3 is 0 Å². The van der Waals surface area contributed by atoms with Gasteiger partial charge < -0.3 is 15.0 Å². The van der Waals surface area contributed by atoms with Crippen LogP contribution in [0.4, 0.5) is 5.69 Å². The highest BCUT2D eigenvalue weighted by Gasteiger charge is 2.74.